The first-order valence-corrected chi connectivity index (χ1v) is 5.78. The van der Waals surface area contributed by atoms with E-state index in [0.29, 0.717) is 6.04 Å². The first-order valence-electron chi connectivity index (χ1n) is 5.78. The second-order valence-corrected chi connectivity index (χ2v) is 4.39. The number of nitrogens with one attached hydrogen (secondary N) is 1. The van der Waals surface area contributed by atoms with Crippen molar-refractivity contribution in [2.45, 2.75) is 26.4 Å². The van der Waals surface area contributed by atoms with Crippen molar-refractivity contribution in [3.05, 3.63) is 35.4 Å². The smallest absolute Gasteiger partial charge is 0.0641 e. The van der Waals surface area contributed by atoms with Gasteiger partial charge in [0.1, 0.15) is 0 Å². The number of hydrogen-bond acceptors (Lipinski definition) is 3. The molecule has 17 heavy (non-hydrogen) atoms. The van der Waals surface area contributed by atoms with Crippen LogP contribution in [0, 0.1) is 6.92 Å². The van der Waals surface area contributed by atoms with Gasteiger partial charge in [-0.3, -0.25) is 9.36 Å². The molecule has 0 aliphatic heterocycles. The summed E-state index contributed by atoms with van der Waals surface area (Å²) in [5, 5.41) is 12.0. The van der Waals surface area contributed by atoms with Gasteiger partial charge in [-0.2, -0.15) is 10.2 Å². The van der Waals surface area contributed by atoms with Crippen molar-refractivity contribution >= 4 is 0 Å². The van der Waals surface area contributed by atoms with Crippen molar-refractivity contribution in [2.24, 2.45) is 14.1 Å². The Labute approximate surface area is 101 Å². The third-order valence-electron chi connectivity index (χ3n) is 3.03. The maximum Gasteiger partial charge on any atom is 0.0641 e. The van der Waals surface area contributed by atoms with Crippen molar-refractivity contribution in [3.63, 3.8) is 0 Å². The minimum Gasteiger partial charge on any atom is -0.304 e. The maximum absolute atomic E-state index is 4.35. The Balaban J connectivity index is 2.00. The van der Waals surface area contributed by atoms with Crippen LogP contribution >= 0.6 is 0 Å². The molecule has 5 heteroatoms. The Morgan fingerprint density at radius 2 is 2.18 bits per heavy atom. The van der Waals surface area contributed by atoms with Gasteiger partial charge >= 0.3 is 0 Å². The fraction of sp³-hybridized carbons (Fsp3) is 0.500. The van der Waals surface area contributed by atoms with Crippen LogP contribution in [-0.4, -0.2) is 19.6 Å². The highest BCUT2D eigenvalue weighted by Gasteiger charge is 2.11. The molecule has 0 fully saturated rings. The van der Waals surface area contributed by atoms with Crippen LogP contribution in [0.5, 0.6) is 0 Å². The lowest BCUT2D eigenvalue weighted by Gasteiger charge is -2.13. The van der Waals surface area contributed by atoms with Gasteiger partial charge in [0.2, 0.25) is 0 Å². The Bertz CT molecular complexity index is 497. The van der Waals surface area contributed by atoms with E-state index < -0.39 is 0 Å². The predicted molar refractivity (Wildman–Crippen MR) is 66.4 cm³/mol. The second kappa shape index (κ2) is 4.71. The predicted octanol–water partition coefficient (Wildman–Crippen LogP) is 1.31. The summed E-state index contributed by atoms with van der Waals surface area (Å²) in [5.41, 5.74) is 3.51. The fourth-order valence-corrected chi connectivity index (χ4v) is 1.99. The summed E-state index contributed by atoms with van der Waals surface area (Å²) < 4.78 is 3.74. The molecule has 2 rings (SSSR count). The second-order valence-electron chi connectivity index (χ2n) is 4.39. The van der Waals surface area contributed by atoms with E-state index in [2.05, 4.69) is 28.6 Å². The van der Waals surface area contributed by atoms with Crippen molar-refractivity contribution in [1.29, 1.82) is 0 Å². The van der Waals surface area contributed by atoms with Gasteiger partial charge in [-0.05, 0) is 19.9 Å². The third kappa shape index (κ3) is 2.55. The van der Waals surface area contributed by atoms with E-state index in [-0.39, 0.29) is 0 Å². The summed E-state index contributed by atoms with van der Waals surface area (Å²) in [6, 6.07) is 2.31. The van der Waals surface area contributed by atoms with E-state index in [4.69, 9.17) is 0 Å². The van der Waals surface area contributed by atoms with Crippen LogP contribution in [-0.2, 0) is 20.6 Å². The van der Waals surface area contributed by atoms with Crippen LogP contribution in [0.15, 0.2) is 18.5 Å². The summed E-state index contributed by atoms with van der Waals surface area (Å²) >= 11 is 0. The molecule has 5 nitrogen and oxygen atoms in total. The van der Waals surface area contributed by atoms with Crippen LogP contribution in [0.1, 0.15) is 29.9 Å². The normalized spacial score (nSPS) is 12.9. The van der Waals surface area contributed by atoms with Crippen LogP contribution in [0.25, 0.3) is 0 Å². The minimum atomic E-state index is 0.290. The molecule has 2 aromatic rings. The monoisotopic (exact) mass is 233 g/mol. The molecular weight excluding hydrogens is 214 g/mol. The van der Waals surface area contributed by atoms with Gasteiger partial charge < -0.3 is 5.32 Å². The minimum absolute atomic E-state index is 0.290. The summed E-state index contributed by atoms with van der Waals surface area (Å²) in [7, 11) is 3.90. The Hall–Kier alpha value is -1.62. The fourth-order valence-electron chi connectivity index (χ4n) is 1.99. The maximum atomic E-state index is 4.35. The van der Waals surface area contributed by atoms with Gasteiger partial charge in [0.25, 0.3) is 0 Å². The Morgan fingerprint density at radius 1 is 1.41 bits per heavy atom. The summed E-state index contributed by atoms with van der Waals surface area (Å²) in [6.07, 6.45) is 3.88. The summed E-state index contributed by atoms with van der Waals surface area (Å²) in [4.78, 5) is 0. The number of rotatable bonds is 4. The van der Waals surface area contributed by atoms with Gasteiger partial charge in [0.05, 0.1) is 11.4 Å². The summed E-state index contributed by atoms with van der Waals surface area (Å²) in [6.45, 7) is 5.00. The lowest BCUT2D eigenvalue weighted by molar-refractivity contribution is 0.546. The lowest BCUT2D eigenvalue weighted by atomic mass is 10.1. The van der Waals surface area contributed by atoms with Crippen molar-refractivity contribution in [2.75, 3.05) is 0 Å². The van der Waals surface area contributed by atoms with Gasteiger partial charge in [-0.1, -0.05) is 0 Å². The quantitative estimate of drug-likeness (QED) is 0.866. The number of aromatic nitrogens is 4. The van der Waals surface area contributed by atoms with Crippen molar-refractivity contribution in [3.8, 4) is 0 Å². The molecule has 2 aromatic heterocycles. The highest BCUT2D eigenvalue weighted by molar-refractivity contribution is 5.19. The molecule has 92 valence electrons. The molecule has 0 bridgehead atoms. The van der Waals surface area contributed by atoms with Gasteiger partial charge in [-0.25, -0.2) is 0 Å². The zero-order valence-electron chi connectivity index (χ0n) is 10.8. The topological polar surface area (TPSA) is 47.7 Å². The zero-order chi connectivity index (χ0) is 12.4. The van der Waals surface area contributed by atoms with E-state index in [0.717, 1.165) is 12.2 Å². The molecule has 0 amide bonds. The lowest BCUT2D eigenvalue weighted by Crippen LogP contribution is -2.20. The van der Waals surface area contributed by atoms with E-state index in [1.807, 2.05) is 42.6 Å². The number of aryl methyl sites for hydroxylation is 3. The molecule has 0 spiro atoms. The summed E-state index contributed by atoms with van der Waals surface area (Å²) in [5.74, 6) is 0. The average Bonchev–Trinajstić information content (AvgIpc) is 2.81. The molecule has 1 N–H and O–H groups in total. The first-order chi connectivity index (χ1) is 8.08. The molecule has 0 radical (unpaired) electrons. The molecular formula is C12H19N5. The highest BCUT2D eigenvalue weighted by atomic mass is 15.3. The molecule has 2 heterocycles. The van der Waals surface area contributed by atoms with Gasteiger partial charge in [-0.15, -0.1) is 0 Å². The molecule has 0 aliphatic carbocycles. The number of hydrogen-bond donors (Lipinski definition) is 1. The third-order valence-corrected chi connectivity index (χ3v) is 3.03. The zero-order valence-corrected chi connectivity index (χ0v) is 10.8. The SMILES string of the molecule is Cc1nn(C)cc1C(C)NCc1ccnn1C. The molecule has 0 aromatic carbocycles. The largest absolute Gasteiger partial charge is 0.304 e. The molecule has 0 saturated heterocycles. The van der Waals surface area contributed by atoms with E-state index in [1.165, 1.54) is 11.3 Å². The van der Waals surface area contributed by atoms with E-state index in [9.17, 15) is 0 Å². The van der Waals surface area contributed by atoms with Crippen molar-refractivity contribution in [1.82, 2.24) is 24.9 Å². The van der Waals surface area contributed by atoms with E-state index in [1.54, 1.807) is 0 Å². The van der Waals surface area contributed by atoms with Crippen LogP contribution in [0.2, 0.25) is 0 Å². The van der Waals surface area contributed by atoms with Crippen molar-refractivity contribution < 1.29 is 0 Å². The molecule has 1 unspecified atom stereocenters. The Kier molecular flexibility index (Phi) is 3.28. The molecule has 0 aliphatic rings. The average molecular weight is 233 g/mol. The highest BCUT2D eigenvalue weighted by Crippen LogP contribution is 2.15. The van der Waals surface area contributed by atoms with Crippen LogP contribution in [0.3, 0.4) is 0 Å². The van der Waals surface area contributed by atoms with Gasteiger partial charge in [0.15, 0.2) is 0 Å². The standard InChI is InChI=1S/C12H19N5/c1-9(12-8-16(3)15-10(12)2)13-7-11-5-6-14-17(11)4/h5-6,8-9,13H,7H2,1-4H3. The first kappa shape index (κ1) is 11.9. The molecule has 1 atom stereocenters. The van der Waals surface area contributed by atoms with E-state index >= 15 is 0 Å². The molecule has 0 saturated carbocycles. The van der Waals surface area contributed by atoms with Gasteiger partial charge in [0, 0.05) is 44.6 Å². The Morgan fingerprint density at radius 3 is 2.71 bits per heavy atom. The van der Waals surface area contributed by atoms with Crippen LogP contribution < -0.4 is 5.32 Å². The van der Waals surface area contributed by atoms with Crippen LogP contribution in [0.4, 0.5) is 0 Å². The number of nitrogens with zero attached hydrogens (tertiary/aromatic N) is 4.